The average Bonchev–Trinajstić information content (AvgIpc) is 3.27. The molecule has 0 aliphatic carbocycles. The molecule has 0 aliphatic rings. The highest BCUT2D eigenvalue weighted by atomic mass is 32.1. The van der Waals surface area contributed by atoms with Crippen LogP contribution in [0.25, 0.3) is 27.3 Å². The van der Waals surface area contributed by atoms with Crippen LogP contribution in [-0.2, 0) is 0 Å². The van der Waals surface area contributed by atoms with Gasteiger partial charge in [-0.15, -0.1) is 11.3 Å². The van der Waals surface area contributed by atoms with E-state index < -0.39 is 0 Å². The molecule has 4 rings (SSSR count). The summed E-state index contributed by atoms with van der Waals surface area (Å²) in [5.74, 6) is 0. The fourth-order valence-corrected chi connectivity index (χ4v) is 3.34. The predicted molar refractivity (Wildman–Crippen MR) is 94.5 cm³/mol. The van der Waals surface area contributed by atoms with Crippen molar-refractivity contribution in [1.82, 2.24) is 14.8 Å². The van der Waals surface area contributed by atoms with Gasteiger partial charge in [-0.2, -0.15) is 5.10 Å². The Kier molecular flexibility index (Phi) is 3.40. The van der Waals surface area contributed by atoms with E-state index in [-0.39, 0.29) is 0 Å². The maximum Gasteiger partial charge on any atom is 0.138 e. The van der Waals surface area contributed by atoms with Crippen molar-refractivity contribution in [3.8, 4) is 27.3 Å². The van der Waals surface area contributed by atoms with E-state index in [1.807, 2.05) is 23.6 Å². The molecule has 0 fully saturated rings. The number of anilines is 1. The summed E-state index contributed by atoms with van der Waals surface area (Å²) in [7, 11) is 0. The Morgan fingerprint density at radius 3 is 2.04 bits per heavy atom. The standard InChI is InChI=1S/C18H14N4S/c19-17-9-10-23-18(17)15-3-1-13(2-4-15)14-5-7-16(8-6-14)22-12-20-11-21-22/h1-12H,19H2. The lowest BCUT2D eigenvalue weighted by atomic mass is 10.0. The number of thiophene rings is 1. The van der Waals surface area contributed by atoms with E-state index in [1.54, 1.807) is 22.3 Å². The van der Waals surface area contributed by atoms with Gasteiger partial charge >= 0.3 is 0 Å². The first-order chi connectivity index (χ1) is 11.3. The lowest BCUT2D eigenvalue weighted by Gasteiger charge is -2.06. The summed E-state index contributed by atoms with van der Waals surface area (Å²) in [6, 6.07) is 18.7. The molecule has 2 aromatic heterocycles. The minimum Gasteiger partial charge on any atom is -0.398 e. The number of nitrogen functional groups attached to an aromatic ring is 1. The summed E-state index contributed by atoms with van der Waals surface area (Å²) < 4.78 is 1.74. The third kappa shape index (κ3) is 2.62. The van der Waals surface area contributed by atoms with E-state index in [9.17, 15) is 0 Å². The van der Waals surface area contributed by atoms with Crippen molar-refractivity contribution in [2.45, 2.75) is 0 Å². The fourth-order valence-electron chi connectivity index (χ4n) is 2.52. The van der Waals surface area contributed by atoms with E-state index >= 15 is 0 Å². The topological polar surface area (TPSA) is 56.7 Å². The molecule has 0 aliphatic heterocycles. The van der Waals surface area contributed by atoms with Crippen LogP contribution in [0.2, 0.25) is 0 Å². The van der Waals surface area contributed by atoms with Crippen molar-refractivity contribution in [3.05, 3.63) is 72.6 Å². The van der Waals surface area contributed by atoms with Gasteiger partial charge in [0.25, 0.3) is 0 Å². The van der Waals surface area contributed by atoms with Crippen LogP contribution in [0, 0.1) is 0 Å². The Hall–Kier alpha value is -2.92. The number of hydrogen-bond acceptors (Lipinski definition) is 4. The number of rotatable bonds is 3. The van der Waals surface area contributed by atoms with E-state index in [0.29, 0.717) is 0 Å². The number of nitrogens with zero attached hydrogens (tertiary/aromatic N) is 3. The molecule has 2 aromatic carbocycles. The minimum atomic E-state index is 0.833. The molecule has 23 heavy (non-hydrogen) atoms. The maximum atomic E-state index is 5.98. The smallest absolute Gasteiger partial charge is 0.138 e. The van der Waals surface area contributed by atoms with Gasteiger partial charge in [0.1, 0.15) is 12.7 Å². The van der Waals surface area contributed by atoms with Crippen molar-refractivity contribution < 1.29 is 0 Å². The second-order valence-corrected chi connectivity index (χ2v) is 6.09. The molecule has 0 saturated heterocycles. The van der Waals surface area contributed by atoms with Gasteiger partial charge in [0.15, 0.2) is 0 Å². The Morgan fingerprint density at radius 1 is 0.826 bits per heavy atom. The van der Waals surface area contributed by atoms with Crippen LogP contribution in [0.15, 0.2) is 72.6 Å². The van der Waals surface area contributed by atoms with Crippen LogP contribution in [0.5, 0.6) is 0 Å². The SMILES string of the molecule is Nc1ccsc1-c1ccc(-c2ccc(-n3cncn3)cc2)cc1. The van der Waals surface area contributed by atoms with E-state index in [2.05, 4.69) is 46.5 Å². The van der Waals surface area contributed by atoms with Crippen molar-refractivity contribution in [2.75, 3.05) is 5.73 Å². The molecular weight excluding hydrogens is 304 g/mol. The fraction of sp³-hybridized carbons (Fsp3) is 0. The lowest BCUT2D eigenvalue weighted by Crippen LogP contribution is -1.93. The third-order valence-electron chi connectivity index (χ3n) is 3.73. The van der Waals surface area contributed by atoms with Crippen molar-refractivity contribution in [2.24, 2.45) is 0 Å². The number of nitrogens with two attached hydrogens (primary N) is 1. The first kappa shape index (κ1) is 13.7. The van der Waals surface area contributed by atoms with Crippen molar-refractivity contribution >= 4 is 17.0 Å². The molecule has 4 aromatic rings. The first-order valence-corrected chi connectivity index (χ1v) is 8.08. The molecule has 0 bridgehead atoms. The zero-order valence-electron chi connectivity index (χ0n) is 12.3. The summed E-state index contributed by atoms with van der Waals surface area (Å²) in [6.07, 6.45) is 3.22. The van der Waals surface area contributed by atoms with Crippen LogP contribution in [0.1, 0.15) is 0 Å². The van der Waals surface area contributed by atoms with Crippen LogP contribution in [0.4, 0.5) is 5.69 Å². The summed E-state index contributed by atoms with van der Waals surface area (Å²) in [6.45, 7) is 0. The van der Waals surface area contributed by atoms with Crippen molar-refractivity contribution in [3.63, 3.8) is 0 Å². The molecule has 4 nitrogen and oxygen atoms in total. The first-order valence-electron chi connectivity index (χ1n) is 7.20. The molecule has 0 atom stereocenters. The summed E-state index contributed by atoms with van der Waals surface area (Å²) in [5, 5.41) is 6.15. The highest BCUT2D eigenvalue weighted by Crippen LogP contribution is 2.32. The summed E-state index contributed by atoms with van der Waals surface area (Å²) >= 11 is 1.66. The van der Waals surface area contributed by atoms with E-state index in [4.69, 9.17) is 5.73 Å². The molecule has 5 heteroatoms. The molecule has 0 saturated carbocycles. The van der Waals surface area contributed by atoms with Gasteiger partial charge in [0.05, 0.1) is 16.3 Å². The summed E-state index contributed by atoms with van der Waals surface area (Å²) in [5.41, 5.74) is 11.3. The van der Waals surface area contributed by atoms with Gasteiger partial charge in [0, 0.05) is 0 Å². The quantitative estimate of drug-likeness (QED) is 0.614. The Bertz CT molecular complexity index is 907. The van der Waals surface area contributed by atoms with Gasteiger partial charge in [-0.25, -0.2) is 9.67 Å². The Morgan fingerprint density at radius 2 is 1.48 bits per heavy atom. The van der Waals surface area contributed by atoms with Crippen LogP contribution < -0.4 is 5.73 Å². The molecule has 2 N–H and O–H groups in total. The molecule has 0 amide bonds. The third-order valence-corrected chi connectivity index (χ3v) is 4.71. The number of hydrogen-bond donors (Lipinski definition) is 1. The number of benzene rings is 2. The predicted octanol–water partition coefficient (Wildman–Crippen LogP) is 4.25. The second-order valence-electron chi connectivity index (χ2n) is 5.17. The second kappa shape index (κ2) is 5.70. The van der Waals surface area contributed by atoms with Crippen LogP contribution >= 0.6 is 11.3 Å². The van der Waals surface area contributed by atoms with Crippen molar-refractivity contribution in [1.29, 1.82) is 0 Å². The molecule has 0 spiro atoms. The Balaban J connectivity index is 1.62. The largest absolute Gasteiger partial charge is 0.398 e. The van der Waals surface area contributed by atoms with Gasteiger partial charge < -0.3 is 5.73 Å². The molecule has 2 heterocycles. The Labute approximate surface area is 137 Å². The average molecular weight is 318 g/mol. The zero-order valence-corrected chi connectivity index (χ0v) is 13.1. The van der Waals surface area contributed by atoms with Gasteiger partial charge in [-0.05, 0) is 40.3 Å². The maximum absolute atomic E-state index is 5.98. The monoisotopic (exact) mass is 318 g/mol. The van der Waals surface area contributed by atoms with Gasteiger partial charge in [-0.1, -0.05) is 36.4 Å². The molecular formula is C18H14N4S. The normalized spacial score (nSPS) is 10.8. The highest BCUT2D eigenvalue weighted by Gasteiger charge is 2.05. The minimum absolute atomic E-state index is 0.833. The van der Waals surface area contributed by atoms with Crippen LogP contribution in [-0.4, -0.2) is 14.8 Å². The summed E-state index contributed by atoms with van der Waals surface area (Å²) in [4.78, 5) is 5.09. The zero-order chi connectivity index (χ0) is 15.6. The number of aromatic nitrogens is 3. The highest BCUT2D eigenvalue weighted by molar-refractivity contribution is 7.14. The molecule has 0 radical (unpaired) electrons. The van der Waals surface area contributed by atoms with Gasteiger partial charge in [0.2, 0.25) is 0 Å². The lowest BCUT2D eigenvalue weighted by molar-refractivity contribution is 0.879. The molecule has 0 unspecified atom stereocenters. The van der Waals surface area contributed by atoms with Crippen LogP contribution in [0.3, 0.4) is 0 Å². The van der Waals surface area contributed by atoms with Gasteiger partial charge in [-0.3, -0.25) is 0 Å². The molecule has 112 valence electrons. The van der Waals surface area contributed by atoms with E-state index in [1.165, 1.54) is 17.5 Å². The van der Waals surface area contributed by atoms with E-state index in [0.717, 1.165) is 21.8 Å².